The molecule has 3 aliphatic rings. The summed E-state index contributed by atoms with van der Waals surface area (Å²) >= 11 is 0. The van der Waals surface area contributed by atoms with E-state index in [2.05, 4.69) is 6.58 Å². The standard InChI is InChI=1S/C24H36O8/c1-14-17-7-11-23(5,32-21(14)27)19(29-15(2)25)8-10-22(4,28)18-9-12-24(6,31-18)20(13-17)30-16(3)26/h17-20,28H,1,7-13H2,2-6H3/t17-,18-,19+,20-,22+,23-,24-/m1/s1. The molecule has 0 unspecified atom stereocenters. The predicted molar refractivity (Wildman–Crippen MR) is 114 cm³/mol. The molecule has 3 rings (SSSR count). The van der Waals surface area contributed by atoms with E-state index >= 15 is 0 Å². The van der Waals surface area contributed by atoms with Crippen molar-refractivity contribution in [2.24, 2.45) is 5.92 Å². The Kier molecular flexibility index (Phi) is 6.78. The van der Waals surface area contributed by atoms with E-state index in [9.17, 15) is 19.5 Å². The van der Waals surface area contributed by atoms with Gasteiger partial charge in [-0.15, -0.1) is 0 Å². The lowest BCUT2D eigenvalue weighted by atomic mass is 9.79. The molecular formula is C24H36O8. The molecule has 0 saturated carbocycles. The van der Waals surface area contributed by atoms with Crippen LogP contribution in [-0.2, 0) is 33.3 Å². The predicted octanol–water partition coefficient (Wildman–Crippen LogP) is 2.99. The zero-order valence-electron chi connectivity index (χ0n) is 19.8. The first kappa shape index (κ1) is 24.7. The Hall–Kier alpha value is -1.93. The van der Waals surface area contributed by atoms with Crippen molar-refractivity contribution in [3.63, 3.8) is 0 Å². The van der Waals surface area contributed by atoms with Gasteiger partial charge < -0.3 is 24.1 Å². The molecule has 3 fully saturated rings. The normalized spacial score (nSPS) is 42.7. The molecule has 3 heterocycles. The van der Waals surface area contributed by atoms with Gasteiger partial charge in [-0.1, -0.05) is 6.58 Å². The zero-order valence-corrected chi connectivity index (χ0v) is 19.8. The smallest absolute Gasteiger partial charge is 0.334 e. The minimum atomic E-state index is -1.21. The minimum absolute atomic E-state index is 0.279. The molecular weight excluding hydrogens is 416 g/mol. The maximum Gasteiger partial charge on any atom is 0.334 e. The monoisotopic (exact) mass is 452 g/mol. The number of ether oxygens (including phenoxy) is 4. The Balaban J connectivity index is 2.04. The van der Waals surface area contributed by atoms with Crippen LogP contribution in [0.1, 0.15) is 79.6 Å². The van der Waals surface area contributed by atoms with Crippen molar-refractivity contribution in [2.45, 2.75) is 115 Å². The SMILES string of the molecule is C=C1C(=O)O[C@]2(C)CC[C@@H]1C[C@@H](OC(C)=O)[C@@]1(C)CC[C@@H](O1)[C@@](C)(O)CC[C@@H]2OC(C)=O. The summed E-state index contributed by atoms with van der Waals surface area (Å²) < 4.78 is 23.5. The molecule has 0 aromatic heterocycles. The Morgan fingerprint density at radius 3 is 2.19 bits per heavy atom. The lowest BCUT2D eigenvalue weighted by molar-refractivity contribution is -0.191. The Morgan fingerprint density at radius 1 is 0.969 bits per heavy atom. The largest absolute Gasteiger partial charge is 0.459 e. The van der Waals surface area contributed by atoms with Gasteiger partial charge in [0.1, 0.15) is 23.4 Å². The molecule has 0 aromatic carbocycles. The van der Waals surface area contributed by atoms with Crippen LogP contribution < -0.4 is 0 Å². The van der Waals surface area contributed by atoms with Crippen LogP contribution in [0.3, 0.4) is 0 Å². The van der Waals surface area contributed by atoms with Crippen LogP contribution in [-0.4, -0.2) is 58.1 Å². The van der Waals surface area contributed by atoms with Gasteiger partial charge in [-0.25, -0.2) is 4.79 Å². The van der Waals surface area contributed by atoms with Crippen molar-refractivity contribution in [1.82, 2.24) is 0 Å². The third kappa shape index (κ3) is 5.01. The second kappa shape index (κ2) is 8.78. The number of carbonyl (C=O) groups is 3. The van der Waals surface area contributed by atoms with E-state index in [4.69, 9.17) is 18.9 Å². The van der Waals surface area contributed by atoms with Gasteiger partial charge in [0, 0.05) is 19.4 Å². The first-order chi connectivity index (χ1) is 14.8. The molecule has 3 saturated heterocycles. The minimum Gasteiger partial charge on any atom is -0.459 e. The molecule has 0 aliphatic carbocycles. The van der Waals surface area contributed by atoms with Gasteiger partial charge in [0.05, 0.1) is 11.7 Å². The van der Waals surface area contributed by atoms with E-state index in [1.165, 1.54) is 13.8 Å². The van der Waals surface area contributed by atoms with Crippen LogP contribution in [0.4, 0.5) is 0 Å². The first-order valence-electron chi connectivity index (χ1n) is 11.4. The second-order valence-corrected chi connectivity index (χ2v) is 10.2. The fraction of sp³-hybridized carbons (Fsp3) is 0.792. The second-order valence-electron chi connectivity index (χ2n) is 10.2. The average Bonchev–Trinajstić information content (AvgIpc) is 3.05. The first-order valence-corrected chi connectivity index (χ1v) is 11.4. The third-order valence-corrected chi connectivity index (χ3v) is 7.47. The number of hydrogen-bond donors (Lipinski definition) is 1. The number of carbonyl (C=O) groups excluding carboxylic acids is 3. The highest BCUT2D eigenvalue weighted by Gasteiger charge is 2.53. The quantitative estimate of drug-likeness (QED) is 0.387. The van der Waals surface area contributed by atoms with Crippen molar-refractivity contribution in [1.29, 1.82) is 0 Å². The topological polar surface area (TPSA) is 108 Å². The maximum absolute atomic E-state index is 12.9. The van der Waals surface area contributed by atoms with Gasteiger partial charge in [0.25, 0.3) is 0 Å². The van der Waals surface area contributed by atoms with E-state index in [0.29, 0.717) is 44.1 Å². The lowest BCUT2D eigenvalue weighted by Gasteiger charge is -2.39. The lowest BCUT2D eigenvalue weighted by Crippen LogP contribution is -2.49. The summed E-state index contributed by atoms with van der Waals surface area (Å²) in [6.45, 7) is 12.0. The number of aliphatic hydroxyl groups is 1. The van der Waals surface area contributed by atoms with Crippen molar-refractivity contribution in [2.75, 3.05) is 0 Å². The van der Waals surface area contributed by atoms with E-state index < -0.39 is 53.0 Å². The van der Waals surface area contributed by atoms with Crippen molar-refractivity contribution in [3.8, 4) is 0 Å². The van der Waals surface area contributed by atoms with Crippen LogP contribution >= 0.6 is 0 Å². The van der Waals surface area contributed by atoms with Crippen LogP contribution in [0, 0.1) is 5.92 Å². The summed E-state index contributed by atoms with van der Waals surface area (Å²) in [5, 5.41) is 11.3. The highest BCUT2D eigenvalue weighted by atomic mass is 16.6. The summed E-state index contributed by atoms with van der Waals surface area (Å²) in [6.07, 6.45) is 1.32. The van der Waals surface area contributed by atoms with Gasteiger partial charge in [0.2, 0.25) is 0 Å². The van der Waals surface area contributed by atoms with Gasteiger partial charge >= 0.3 is 17.9 Å². The van der Waals surface area contributed by atoms with Gasteiger partial charge in [-0.2, -0.15) is 0 Å². The fourth-order valence-corrected chi connectivity index (χ4v) is 5.31. The van der Waals surface area contributed by atoms with Crippen molar-refractivity contribution >= 4 is 17.9 Å². The molecule has 4 bridgehead atoms. The van der Waals surface area contributed by atoms with Crippen molar-refractivity contribution < 1.29 is 38.4 Å². The molecule has 0 aromatic rings. The Labute approximate surface area is 189 Å². The molecule has 180 valence electrons. The van der Waals surface area contributed by atoms with Gasteiger partial charge in [-0.3, -0.25) is 9.59 Å². The Morgan fingerprint density at radius 2 is 1.56 bits per heavy atom. The average molecular weight is 453 g/mol. The van der Waals surface area contributed by atoms with Gasteiger partial charge in [0.15, 0.2) is 0 Å². The Bertz CT molecular complexity index is 789. The van der Waals surface area contributed by atoms with E-state index in [1.54, 1.807) is 13.8 Å². The molecule has 0 radical (unpaired) electrons. The highest BCUT2D eigenvalue weighted by Crippen LogP contribution is 2.45. The van der Waals surface area contributed by atoms with Gasteiger partial charge in [-0.05, 0) is 71.6 Å². The summed E-state index contributed by atoms with van der Waals surface area (Å²) in [4.78, 5) is 36.7. The van der Waals surface area contributed by atoms with E-state index in [0.717, 1.165) is 0 Å². The molecule has 7 atom stereocenters. The number of hydrogen-bond acceptors (Lipinski definition) is 8. The maximum atomic E-state index is 12.9. The zero-order chi connectivity index (χ0) is 23.9. The molecule has 3 aliphatic heterocycles. The summed E-state index contributed by atoms with van der Waals surface area (Å²) in [7, 11) is 0. The molecule has 8 heteroatoms. The molecule has 1 N–H and O–H groups in total. The molecule has 0 amide bonds. The highest BCUT2D eigenvalue weighted by molar-refractivity contribution is 5.89. The molecule has 0 spiro atoms. The summed E-state index contributed by atoms with van der Waals surface area (Å²) in [6, 6.07) is 0. The van der Waals surface area contributed by atoms with Crippen LogP contribution in [0.5, 0.6) is 0 Å². The number of fused-ring (bicyclic) bond motifs is 5. The van der Waals surface area contributed by atoms with E-state index in [-0.39, 0.29) is 12.3 Å². The molecule has 32 heavy (non-hydrogen) atoms. The summed E-state index contributed by atoms with van der Waals surface area (Å²) in [5.41, 5.74) is -2.76. The third-order valence-electron chi connectivity index (χ3n) is 7.47. The number of esters is 3. The van der Waals surface area contributed by atoms with Crippen molar-refractivity contribution in [3.05, 3.63) is 12.2 Å². The van der Waals surface area contributed by atoms with Crippen LogP contribution in [0.2, 0.25) is 0 Å². The molecule has 8 nitrogen and oxygen atoms in total. The number of rotatable bonds is 2. The van der Waals surface area contributed by atoms with Crippen LogP contribution in [0.25, 0.3) is 0 Å². The summed E-state index contributed by atoms with van der Waals surface area (Å²) in [5.74, 6) is -1.74. The van der Waals surface area contributed by atoms with Crippen LogP contribution in [0.15, 0.2) is 12.2 Å². The fourth-order valence-electron chi connectivity index (χ4n) is 5.31. The van der Waals surface area contributed by atoms with E-state index in [1.807, 2.05) is 6.92 Å².